The van der Waals surface area contributed by atoms with Crippen molar-refractivity contribution in [3.05, 3.63) is 40.2 Å². The van der Waals surface area contributed by atoms with Crippen molar-refractivity contribution in [1.29, 1.82) is 0 Å². The number of ether oxygens (including phenoxy) is 1. The Labute approximate surface area is 193 Å². The lowest BCUT2D eigenvalue weighted by molar-refractivity contribution is -0.150. The number of aliphatic carboxylic acids is 1. The number of thiazole rings is 1. The van der Waals surface area contributed by atoms with Gasteiger partial charge in [0, 0.05) is 17.2 Å². The fraction of sp³-hybridized carbons (Fsp3) is 0.222. The molecule has 2 aliphatic heterocycles. The van der Waals surface area contributed by atoms with Gasteiger partial charge in [-0.2, -0.15) is 0 Å². The summed E-state index contributed by atoms with van der Waals surface area (Å²) < 4.78 is 9.97. The normalized spacial score (nSPS) is 20.6. The Morgan fingerprint density at radius 3 is 2.85 bits per heavy atom. The lowest BCUT2D eigenvalue weighted by atomic mass is 10.0. The van der Waals surface area contributed by atoms with Crippen LogP contribution in [-0.2, 0) is 14.4 Å². The van der Waals surface area contributed by atoms with Crippen LogP contribution in [0.1, 0.15) is 11.5 Å². The molecule has 1 saturated heterocycles. The predicted molar refractivity (Wildman–Crippen MR) is 117 cm³/mol. The van der Waals surface area contributed by atoms with E-state index in [0.717, 1.165) is 16.2 Å². The number of nitrogens with two attached hydrogens (primary N) is 1. The molecule has 1 unspecified atom stereocenters. The van der Waals surface area contributed by atoms with E-state index >= 15 is 0 Å². The predicted octanol–water partition coefficient (Wildman–Crippen LogP) is 0.352. The number of fused-ring (bicyclic) bond motifs is 1. The summed E-state index contributed by atoms with van der Waals surface area (Å²) in [5.41, 5.74) is 5.38. The number of nitrogen functional groups attached to an aromatic ring is 1. The minimum Gasteiger partial charge on any atom is -0.479 e. The number of hydrogen-bond donors (Lipinski definition) is 4. The van der Waals surface area contributed by atoms with Crippen molar-refractivity contribution in [2.24, 2.45) is 5.16 Å². The number of carboxylic acid groups (broad SMARTS) is 1. The zero-order valence-corrected chi connectivity index (χ0v) is 18.4. The van der Waals surface area contributed by atoms with E-state index in [2.05, 4.69) is 20.6 Å². The number of rotatable bonds is 7. The maximum absolute atomic E-state index is 12.8. The first kappa shape index (κ1) is 22.3. The highest BCUT2D eigenvalue weighted by molar-refractivity contribution is 8.00. The molecule has 5 N–H and O–H groups in total. The molecular weight excluding hydrogens is 476 g/mol. The number of carbonyl (C=O) groups excluding carboxylic acids is 2. The Balaban J connectivity index is 1.51. The van der Waals surface area contributed by atoms with Crippen LogP contribution in [0.15, 0.2) is 38.5 Å². The lowest BCUT2D eigenvalue weighted by Crippen LogP contribution is -2.71. The molecule has 2 amide bonds. The quantitative estimate of drug-likeness (QED) is 0.180. The Morgan fingerprint density at radius 1 is 1.45 bits per heavy atom. The van der Waals surface area contributed by atoms with Gasteiger partial charge < -0.3 is 30.6 Å². The smallest absolute Gasteiger partial charge is 0.352 e. The van der Waals surface area contributed by atoms with Crippen LogP contribution in [0.4, 0.5) is 5.13 Å². The van der Waals surface area contributed by atoms with E-state index in [0.29, 0.717) is 11.3 Å². The molecule has 4 rings (SSSR count). The molecule has 0 spiro atoms. The number of carboxylic acids is 1. The molecule has 2 aromatic rings. The molecule has 0 radical (unpaired) electrons. The van der Waals surface area contributed by atoms with Crippen LogP contribution in [0, 0.1) is 0 Å². The molecule has 0 aliphatic carbocycles. The maximum Gasteiger partial charge on any atom is 0.352 e. The summed E-state index contributed by atoms with van der Waals surface area (Å²) in [4.78, 5) is 42.2. The Bertz CT molecular complexity index is 1220. The van der Waals surface area contributed by atoms with Crippen LogP contribution in [0.2, 0.25) is 0 Å². The van der Waals surface area contributed by atoms with Crippen molar-refractivity contribution in [2.45, 2.75) is 11.4 Å². The van der Waals surface area contributed by atoms with Gasteiger partial charge in [-0.25, -0.2) is 9.78 Å². The highest BCUT2D eigenvalue weighted by Gasteiger charge is 2.54. The van der Waals surface area contributed by atoms with E-state index < -0.39 is 34.9 Å². The zero-order chi connectivity index (χ0) is 23.7. The minimum atomic E-state index is -1.29. The van der Waals surface area contributed by atoms with Gasteiger partial charge in [0.15, 0.2) is 16.6 Å². The van der Waals surface area contributed by atoms with E-state index in [1.165, 1.54) is 42.5 Å². The van der Waals surface area contributed by atoms with Gasteiger partial charge in [0.2, 0.25) is 0 Å². The average molecular weight is 492 g/mol. The summed E-state index contributed by atoms with van der Waals surface area (Å²) in [5.74, 6) is -1.87. The molecule has 15 heteroatoms. The summed E-state index contributed by atoms with van der Waals surface area (Å²) in [6.45, 7) is 0. The van der Waals surface area contributed by atoms with E-state index in [4.69, 9.17) is 15.0 Å². The molecule has 0 aromatic carbocycles. The van der Waals surface area contributed by atoms with Crippen LogP contribution >= 0.6 is 23.1 Å². The fourth-order valence-corrected chi connectivity index (χ4v) is 5.09. The monoisotopic (exact) mass is 492 g/mol. The number of nitrogens with zero attached hydrogens (tertiary/aromatic N) is 4. The van der Waals surface area contributed by atoms with Gasteiger partial charge in [-0.1, -0.05) is 11.2 Å². The third-order valence-electron chi connectivity index (χ3n) is 4.73. The molecule has 4 heterocycles. The van der Waals surface area contributed by atoms with E-state index in [1.807, 2.05) is 0 Å². The largest absolute Gasteiger partial charge is 0.479 e. The molecule has 13 nitrogen and oxygen atoms in total. The second-order valence-corrected chi connectivity index (χ2v) is 8.66. The summed E-state index contributed by atoms with van der Waals surface area (Å²) in [6, 6.07) is 0.515. The third-order valence-corrected chi connectivity index (χ3v) is 6.71. The Hall–Kier alpha value is -3.85. The SMILES string of the molecule is COc1cc(/C=C/C2=C(C(=O)O)N3C(=O)C(NC(=O)/C(=N/O)c4csc(N)n4)[C@@H]3SC2)on1. The van der Waals surface area contributed by atoms with Gasteiger partial charge in [-0.15, -0.1) is 23.1 Å². The molecule has 2 atom stereocenters. The number of carbonyl (C=O) groups is 3. The topological polar surface area (TPSA) is 193 Å². The number of oxime groups is 1. The summed E-state index contributed by atoms with van der Waals surface area (Å²) >= 11 is 2.32. The van der Waals surface area contributed by atoms with Crippen molar-refractivity contribution in [1.82, 2.24) is 20.4 Å². The number of hydrogen-bond acceptors (Lipinski definition) is 12. The van der Waals surface area contributed by atoms with Crippen molar-refractivity contribution >= 4 is 57.8 Å². The maximum atomic E-state index is 12.8. The molecule has 2 aliphatic rings. The summed E-state index contributed by atoms with van der Waals surface area (Å²) in [7, 11) is 1.43. The molecule has 1 fully saturated rings. The van der Waals surface area contributed by atoms with Crippen LogP contribution in [0.5, 0.6) is 5.88 Å². The lowest BCUT2D eigenvalue weighted by Gasteiger charge is -2.49. The van der Waals surface area contributed by atoms with Gasteiger partial charge >= 0.3 is 5.97 Å². The Kier molecular flexibility index (Phi) is 6.06. The fourth-order valence-electron chi connectivity index (χ4n) is 3.22. The number of thioether (sulfide) groups is 1. The average Bonchev–Trinajstić information content (AvgIpc) is 3.44. The molecule has 0 bridgehead atoms. The first-order valence-electron chi connectivity index (χ1n) is 9.18. The second-order valence-electron chi connectivity index (χ2n) is 6.66. The van der Waals surface area contributed by atoms with E-state index in [9.17, 15) is 24.7 Å². The first-order chi connectivity index (χ1) is 15.8. The van der Waals surface area contributed by atoms with Gasteiger partial charge in [0.25, 0.3) is 17.7 Å². The molecule has 0 saturated carbocycles. The van der Waals surface area contributed by atoms with Crippen LogP contribution in [0.25, 0.3) is 6.08 Å². The Morgan fingerprint density at radius 2 is 2.24 bits per heavy atom. The van der Waals surface area contributed by atoms with Crippen LogP contribution in [0.3, 0.4) is 0 Å². The summed E-state index contributed by atoms with van der Waals surface area (Å²) in [5, 5.41) is 29.0. The highest BCUT2D eigenvalue weighted by atomic mass is 32.2. The number of nitrogens with one attached hydrogen (secondary N) is 1. The molecule has 2 aromatic heterocycles. The number of anilines is 1. The molecule has 33 heavy (non-hydrogen) atoms. The molecular formula is C18H16N6O7S2. The van der Waals surface area contributed by atoms with Crippen molar-refractivity contribution in [3.8, 4) is 5.88 Å². The summed E-state index contributed by atoms with van der Waals surface area (Å²) in [6.07, 6.45) is 3.04. The molecule has 172 valence electrons. The van der Waals surface area contributed by atoms with E-state index in [-0.39, 0.29) is 28.2 Å². The van der Waals surface area contributed by atoms with Gasteiger partial charge in [0.1, 0.15) is 22.8 Å². The highest BCUT2D eigenvalue weighted by Crippen LogP contribution is 2.40. The minimum absolute atomic E-state index is 0.0556. The van der Waals surface area contributed by atoms with Crippen molar-refractivity contribution in [2.75, 3.05) is 18.6 Å². The standard InChI is InChI=1S/C18H16N6O7S2/c1-30-10-4-8(31-23-10)3-2-7-5-32-16-12(15(26)24(16)13(7)17(27)28)21-14(25)11(22-29)9-6-33-18(19)20-9/h2-4,6,12,16,29H,5H2,1H3,(H2,19,20)(H,21,25)(H,27,28)/b3-2+,22-11+/t12?,16-/m0/s1. The van der Waals surface area contributed by atoms with Crippen LogP contribution in [-0.4, -0.2) is 73.1 Å². The number of amides is 2. The number of allylic oxidation sites excluding steroid dienone is 1. The number of β-lactam (4-membered cyclic amide) rings is 1. The van der Waals surface area contributed by atoms with Crippen molar-refractivity contribution in [3.63, 3.8) is 0 Å². The number of methoxy groups -OCH3 is 1. The first-order valence-corrected chi connectivity index (χ1v) is 11.1. The third kappa shape index (κ3) is 4.14. The second kappa shape index (κ2) is 8.95. The van der Waals surface area contributed by atoms with Gasteiger partial charge in [-0.05, 0) is 16.8 Å². The zero-order valence-electron chi connectivity index (χ0n) is 16.8. The van der Waals surface area contributed by atoms with Gasteiger partial charge in [0.05, 0.1) is 7.11 Å². The van der Waals surface area contributed by atoms with E-state index in [1.54, 1.807) is 0 Å². The van der Waals surface area contributed by atoms with Crippen molar-refractivity contribution < 1.29 is 34.0 Å². The number of aromatic nitrogens is 2. The van der Waals surface area contributed by atoms with Gasteiger partial charge in [-0.3, -0.25) is 14.5 Å². The van der Waals surface area contributed by atoms with Crippen LogP contribution < -0.4 is 15.8 Å².